The Balaban J connectivity index is 2.15. The van der Waals surface area contributed by atoms with Crippen LogP contribution in [0.3, 0.4) is 0 Å². The molecule has 0 atom stereocenters. The summed E-state index contributed by atoms with van der Waals surface area (Å²) in [6, 6.07) is 10.4. The number of hydrogen-bond acceptors (Lipinski definition) is 8. The summed E-state index contributed by atoms with van der Waals surface area (Å²) < 4.78 is 15.8. The zero-order valence-electron chi connectivity index (χ0n) is 15.5. The van der Waals surface area contributed by atoms with E-state index in [4.69, 9.17) is 13.9 Å². The second-order valence-corrected chi connectivity index (χ2v) is 5.78. The number of anilines is 1. The number of aromatic hydroxyl groups is 1. The Hall–Kier alpha value is -3.81. The number of ether oxygens (including phenoxy) is 2. The first-order chi connectivity index (χ1) is 13.5. The molecule has 8 heteroatoms. The molecule has 0 amide bonds. The van der Waals surface area contributed by atoms with Crippen LogP contribution < -0.4 is 14.9 Å². The summed E-state index contributed by atoms with van der Waals surface area (Å²) in [6.45, 7) is 1.21. The number of ketones is 2. The van der Waals surface area contributed by atoms with Gasteiger partial charge in [-0.2, -0.15) is 5.10 Å². The molecule has 144 valence electrons. The van der Waals surface area contributed by atoms with Gasteiger partial charge in [-0.3, -0.25) is 15.0 Å². The van der Waals surface area contributed by atoms with Crippen molar-refractivity contribution in [2.75, 3.05) is 19.6 Å². The van der Waals surface area contributed by atoms with Gasteiger partial charge < -0.3 is 19.0 Å². The van der Waals surface area contributed by atoms with E-state index in [0.717, 1.165) is 0 Å². The van der Waals surface area contributed by atoms with Gasteiger partial charge in [-0.1, -0.05) is 18.2 Å². The van der Waals surface area contributed by atoms with Gasteiger partial charge in [0.25, 0.3) is 0 Å². The standard InChI is InChI=1S/C20H18N2O6/c1-11(23)15(22-21-12-7-5-4-6-8-12)16(24)14-17(25)20(27-3)19-13(9-10-28-19)18(14)26-2/h4-10,21,25H,1-3H3. The third kappa shape index (κ3) is 3.27. The third-order valence-electron chi connectivity index (χ3n) is 4.05. The lowest BCUT2D eigenvalue weighted by molar-refractivity contribution is -0.111. The summed E-state index contributed by atoms with van der Waals surface area (Å²) in [5, 5.41) is 15.0. The van der Waals surface area contributed by atoms with Crippen LogP contribution in [0.1, 0.15) is 17.3 Å². The summed E-state index contributed by atoms with van der Waals surface area (Å²) in [4.78, 5) is 25.2. The number of carbonyl (C=O) groups is 2. The Kier molecular flexibility index (Phi) is 5.30. The highest BCUT2D eigenvalue weighted by Gasteiger charge is 2.31. The van der Waals surface area contributed by atoms with Crippen LogP contribution in [0.2, 0.25) is 0 Å². The molecule has 3 aromatic rings. The quantitative estimate of drug-likeness (QED) is 0.279. The number of carbonyl (C=O) groups excluding carboxylic acids is 2. The minimum Gasteiger partial charge on any atom is -0.504 e. The lowest BCUT2D eigenvalue weighted by Gasteiger charge is -2.14. The van der Waals surface area contributed by atoms with Crippen molar-refractivity contribution in [2.45, 2.75) is 6.92 Å². The molecule has 2 N–H and O–H groups in total. The first-order valence-electron chi connectivity index (χ1n) is 8.28. The maximum atomic E-state index is 13.1. The molecule has 1 heterocycles. The van der Waals surface area contributed by atoms with Gasteiger partial charge in [0.05, 0.1) is 31.6 Å². The molecule has 1 aromatic heterocycles. The van der Waals surface area contributed by atoms with E-state index in [2.05, 4.69) is 10.5 Å². The van der Waals surface area contributed by atoms with Crippen molar-refractivity contribution >= 4 is 33.9 Å². The maximum absolute atomic E-state index is 13.1. The summed E-state index contributed by atoms with van der Waals surface area (Å²) in [7, 11) is 2.67. The number of hydrazone groups is 1. The van der Waals surface area contributed by atoms with Crippen molar-refractivity contribution in [3.63, 3.8) is 0 Å². The number of furan rings is 1. The lowest BCUT2D eigenvalue weighted by atomic mass is 9.99. The highest BCUT2D eigenvalue weighted by molar-refractivity contribution is 6.69. The van der Waals surface area contributed by atoms with E-state index in [0.29, 0.717) is 11.1 Å². The largest absolute Gasteiger partial charge is 0.504 e. The maximum Gasteiger partial charge on any atom is 0.224 e. The number of nitrogens with zero attached hydrogens (tertiary/aromatic N) is 1. The molecule has 3 rings (SSSR count). The molecular weight excluding hydrogens is 364 g/mol. The van der Waals surface area contributed by atoms with E-state index in [1.165, 1.54) is 27.4 Å². The molecule has 0 fully saturated rings. The van der Waals surface area contributed by atoms with Gasteiger partial charge in [0, 0.05) is 6.92 Å². The first kappa shape index (κ1) is 19.0. The van der Waals surface area contributed by atoms with Crippen LogP contribution in [-0.4, -0.2) is 36.6 Å². The van der Waals surface area contributed by atoms with Crippen LogP contribution in [0.4, 0.5) is 5.69 Å². The number of benzene rings is 2. The van der Waals surface area contributed by atoms with Crippen molar-refractivity contribution < 1.29 is 28.6 Å². The molecule has 0 saturated heterocycles. The fraction of sp³-hybridized carbons (Fsp3) is 0.150. The van der Waals surface area contributed by atoms with E-state index < -0.39 is 23.0 Å². The SMILES string of the molecule is COc1c(C(=O)C(=NNc2ccccc2)C(C)=O)c(O)c(OC)c2occc12. The average molecular weight is 382 g/mol. The van der Waals surface area contributed by atoms with Crippen LogP contribution in [0, 0.1) is 0 Å². The molecule has 8 nitrogen and oxygen atoms in total. The number of rotatable bonds is 7. The first-order valence-corrected chi connectivity index (χ1v) is 8.28. The molecule has 0 aliphatic carbocycles. The molecule has 0 spiro atoms. The van der Waals surface area contributed by atoms with Gasteiger partial charge >= 0.3 is 0 Å². The van der Waals surface area contributed by atoms with Crippen LogP contribution in [-0.2, 0) is 4.79 Å². The zero-order valence-corrected chi connectivity index (χ0v) is 15.5. The number of nitrogens with one attached hydrogen (secondary N) is 1. The van der Waals surface area contributed by atoms with Gasteiger partial charge in [0.1, 0.15) is 11.3 Å². The van der Waals surface area contributed by atoms with Gasteiger partial charge in [0.2, 0.25) is 11.5 Å². The van der Waals surface area contributed by atoms with Crippen LogP contribution >= 0.6 is 0 Å². The Morgan fingerprint density at radius 3 is 2.36 bits per heavy atom. The van der Waals surface area contributed by atoms with Gasteiger partial charge in [0.15, 0.2) is 22.8 Å². The summed E-state index contributed by atoms with van der Waals surface area (Å²) >= 11 is 0. The van der Waals surface area contributed by atoms with E-state index >= 15 is 0 Å². The highest BCUT2D eigenvalue weighted by atomic mass is 16.5. The second kappa shape index (κ2) is 7.83. The van der Waals surface area contributed by atoms with Crippen LogP contribution in [0.15, 0.2) is 52.2 Å². The highest BCUT2D eigenvalue weighted by Crippen LogP contribution is 2.45. The van der Waals surface area contributed by atoms with Crippen molar-refractivity contribution in [2.24, 2.45) is 5.10 Å². The summed E-state index contributed by atoms with van der Waals surface area (Å²) in [5.41, 5.74) is 2.84. The Labute approximate surface area is 160 Å². The minimum atomic E-state index is -0.813. The number of fused-ring (bicyclic) bond motifs is 1. The third-order valence-corrected chi connectivity index (χ3v) is 4.05. The number of phenols is 1. The summed E-state index contributed by atoms with van der Waals surface area (Å²) in [6.07, 6.45) is 1.38. The van der Waals surface area contributed by atoms with Crippen molar-refractivity contribution in [3.8, 4) is 17.2 Å². The van der Waals surface area contributed by atoms with E-state index in [1.54, 1.807) is 30.3 Å². The molecule has 0 aliphatic heterocycles. The molecule has 0 aliphatic rings. The molecule has 0 bridgehead atoms. The van der Waals surface area contributed by atoms with Crippen LogP contribution in [0.5, 0.6) is 17.2 Å². The van der Waals surface area contributed by atoms with E-state index in [-0.39, 0.29) is 22.6 Å². The van der Waals surface area contributed by atoms with E-state index in [9.17, 15) is 14.7 Å². The predicted octanol–water partition coefficient (Wildman–Crippen LogP) is 3.40. The number of hydrogen-bond donors (Lipinski definition) is 2. The minimum absolute atomic E-state index is 0.0388. The van der Waals surface area contributed by atoms with Gasteiger partial charge in [-0.15, -0.1) is 0 Å². The Bertz CT molecular complexity index is 1070. The Morgan fingerprint density at radius 1 is 1.07 bits per heavy atom. The molecular formula is C20H18N2O6. The fourth-order valence-corrected chi connectivity index (χ4v) is 2.78. The fourth-order valence-electron chi connectivity index (χ4n) is 2.78. The smallest absolute Gasteiger partial charge is 0.224 e. The predicted molar refractivity (Wildman–Crippen MR) is 103 cm³/mol. The molecule has 0 unspecified atom stereocenters. The number of methoxy groups -OCH3 is 2. The number of para-hydroxylation sites is 1. The Morgan fingerprint density at radius 2 is 1.75 bits per heavy atom. The molecule has 0 saturated carbocycles. The molecule has 0 radical (unpaired) electrons. The normalized spacial score (nSPS) is 11.3. The lowest BCUT2D eigenvalue weighted by Crippen LogP contribution is -2.24. The number of Topliss-reactive ketones (excluding diaryl/α,β-unsaturated/α-hetero) is 2. The molecule has 2 aromatic carbocycles. The number of phenolic OH excluding ortho intramolecular Hbond substituents is 1. The topological polar surface area (TPSA) is 110 Å². The van der Waals surface area contributed by atoms with Crippen molar-refractivity contribution in [1.82, 2.24) is 0 Å². The summed E-state index contributed by atoms with van der Waals surface area (Å²) in [5.74, 6) is -1.88. The van der Waals surface area contributed by atoms with Gasteiger partial charge in [-0.05, 0) is 18.2 Å². The van der Waals surface area contributed by atoms with Crippen molar-refractivity contribution in [3.05, 3.63) is 48.2 Å². The monoisotopic (exact) mass is 382 g/mol. The second-order valence-electron chi connectivity index (χ2n) is 5.78. The zero-order chi connectivity index (χ0) is 20.3. The average Bonchev–Trinajstić information content (AvgIpc) is 3.16. The van der Waals surface area contributed by atoms with Crippen molar-refractivity contribution in [1.29, 1.82) is 0 Å². The van der Waals surface area contributed by atoms with Crippen LogP contribution in [0.25, 0.3) is 11.0 Å². The van der Waals surface area contributed by atoms with E-state index in [1.807, 2.05) is 6.07 Å². The van der Waals surface area contributed by atoms with Gasteiger partial charge in [-0.25, -0.2) is 0 Å². The molecule has 28 heavy (non-hydrogen) atoms.